The van der Waals surface area contributed by atoms with Gasteiger partial charge in [0.25, 0.3) is 5.56 Å². The maximum atomic E-state index is 12.1. The predicted molar refractivity (Wildman–Crippen MR) is 103 cm³/mol. The van der Waals surface area contributed by atoms with Crippen LogP contribution in [0.4, 0.5) is 0 Å². The van der Waals surface area contributed by atoms with Crippen molar-refractivity contribution in [3.63, 3.8) is 0 Å². The van der Waals surface area contributed by atoms with Gasteiger partial charge in [0.15, 0.2) is 0 Å². The summed E-state index contributed by atoms with van der Waals surface area (Å²) >= 11 is 0. The Balaban J connectivity index is 1.65. The van der Waals surface area contributed by atoms with Gasteiger partial charge in [0.05, 0.1) is 18.4 Å². The number of fused-ring (bicyclic) bond motifs is 1. The number of ether oxygens (including phenoxy) is 2. The molecule has 0 spiro atoms. The van der Waals surface area contributed by atoms with Crippen LogP contribution in [0.15, 0.2) is 59.5 Å². The summed E-state index contributed by atoms with van der Waals surface area (Å²) in [4.78, 5) is 39.8. The van der Waals surface area contributed by atoms with E-state index in [9.17, 15) is 14.4 Å². The van der Waals surface area contributed by atoms with E-state index in [1.807, 2.05) is 13.0 Å². The van der Waals surface area contributed by atoms with E-state index in [0.29, 0.717) is 16.9 Å². The third-order valence-electron chi connectivity index (χ3n) is 4.05. The zero-order valence-corrected chi connectivity index (χ0v) is 15.4. The van der Waals surface area contributed by atoms with Crippen LogP contribution < -0.4 is 5.56 Å². The molecule has 0 aliphatic rings. The number of hydrogen-bond acceptors (Lipinski definition) is 6. The molecular weight excluding hydrogens is 360 g/mol. The van der Waals surface area contributed by atoms with E-state index in [4.69, 9.17) is 4.74 Å². The third kappa shape index (κ3) is 4.32. The molecule has 7 nitrogen and oxygen atoms in total. The number of aromatic nitrogens is 2. The van der Waals surface area contributed by atoms with E-state index in [1.165, 1.54) is 23.7 Å². The summed E-state index contributed by atoms with van der Waals surface area (Å²) in [6.07, 6.45) is 4.48. The average molecular weight is 378 g/mol. The summed E-state index contributed by atoms with van der Waals surface area (Å²) in [5.41, 5.74) is 2.67. The molecule has 0 aliphatic carbocycles. The van der Waals surface area contributed by atoms with E-state index >= 15 is 0 Å². The molecule has 0 N–H and O–H groups in total. The van der Waals surface area contributed by atoms with E-state index < -0.39 is 11.9 Å². The number of esters is 2. The number of rotatable bonds is 5. The lowest BCUT2D eigenvalue weighted by atomic mass is 10.1. The summed E-state index contributed by atoms with van der Waals surface area (Å²) in [6.45, 7) is 1.75. The third-order valence-corrected chi connectivity index (χ3v) is 4.05. The minimum atomic E-state index is -0.566. The second kappa shape index (κ2) is 8.30. The fourth-order valence-corrected chi connectivity index (χ4v) is 2.59. The Kier molecular flexibility index (Phi) is 5.64. The maximum absolute atomic E-state index is 12.1. The predicted octanol–water partition coefficient (Wildman–Crippen LogP) is 2.55. The minimum absolute atomic E-state index is 0.107. The van der Waals surface area contributed by atoms with Crippen molar-refractivity contribution in [2.75, 3.05) is 7.11 Å². The highest BCUT2D eigenvalue weighted by molar-refractivity contribution is 5.90. The molecule has 0 saturated heterocycles. The van der Waals surface area contributed by atoms with Gasteiger partial charge in [-0.3, -0.25) is 9.20 Å². The molecule has 7 heteroatoms. The van der Waals surface area contributed by atoms with Crippen molar-refractivity contribution in [2.45, 2.75) is 13.5 Å². The van der Waals surface area contributed by atoms with Crippen molar-refractivity contribution in [1.82, 2.24) is 9.38 Å². The molecule has 0 bridgehead atoms. The fraction of sp³-hybridized carbons (Fsp3) is 0.143. The van der Waals surface area contributed by atoms with Gasteiger partial charge in [0, 0.05) is 18.3 Å². The largest absolute Gasteiger partial charge is 0.465 e. The number of pyridine rings is 1. The van der Waals surface area contributed by atoms with Crippen LogP contribution in [0.3, 0.4) is 0 Å². The zero-order valence-electron chi connectivity index (χ0n) is 15.4. The summed E-state index contributed by atoms with van der Waals surface area (Å²) in [6, 6.07) is 11.5. The average Bonchev–Trinajstić information content (AvgIpc) is 2.71. The number of carbonyl (C=O) groups is 2. The molecule has 0 unspecified atom stereocenters. The molecular formula is C21H18N2O5. The first-order valence-electron chi connectivity index (χ1n) is 8.49. The Morgan fingerprint density at radius 1 is 1.18 bits per heavy atom. The van der Waals surface area contributed by atoms with Gasteiger partial charge in [0.2, 0.25) is 0 Å². The standard InChI is InChI=1S/C21H18N2O5/c1-14-4-3-11-23-18(24)12-17(22-20(14)23)13-28-19(25)10-7-15-5-8-16(9-6-15)21(26)27-2/h3-12H,13H2,1-2H3/b10-7+. The smallest absolute Gasteiger partial charge is 0.337 e. The molecule has 2 heterocycles. The van der Waals surface area contributed by atoms with Gasteiger partial charge in [-0.25, -0.2) is 14.6 Å². The quantitative estimate of drug-likeness (QED) is 0.501. The van der Waals surface area contributed by atoms with Crippen LogP contribution in [-0.2, 0) is 20.9 Å². The summed E-state index contributed by atoms with van der Waals surface area (Å²) < 4.78 is 11.2. The van der Waals surface area contributed by atoms with Crippen molar-refractivity contribution in [1.29, 1.82) is 0 Å². The Labute approximate surface area is 160 Å². The summed E-state index contributed by atoms with van der Waals surface area (Å²) in [5, 5.41) is 0. The minimum Gasteiger partial charge on any atom is -0.465 e. The number of methoxy groups -OCH3 is 1. The lowest BCUT2D eigenvalue weighted by molar-refractivity contribution is -0.139. The summed E-state index contributed by atoms with van der Waals surface area (Å²) in [7, 11) is 1.31. The fourth-order valence-electron chi connectivity index (χ4n) is 2.59. The Morgan fingerprint density at radius 2 is 1.93 bits per heavy atom. The highest BCUT2D eigenvalue weighted by Crippen LogP contribution is 2.09. The van der Waals surface area contributed by atoms with Crippen molar-refractivity contribution in [3.8, 4) is 0 Å². The molecule has 2 aromatic heterocycles. The Morgan fingerprint density at radius 3 is 2.64 bits per heavy atom. The second-order valence-electron chi connectivity index (χ2n) is 6.03. The molecule has 3 aromatic rings. The molecule has 0 saturated carbocycles. The highest BCUT2D eigenvalue weighted by atomic mass is 16.5. The number of aryl methyl sites for hydroxylation is 1. The topological polar surface area (TPSA) is 87.0 Å². The SMILES string of the molecule is COC(=O)c1ccc(/C=C/C(=O)OCc2cc(=O)n3cccc(C)c3n2)cc1. The molecule has 0 atom stereocenters. The molecule has 0 amide bonds. The first kappa shape index (κ1) is 19.0. The molecule has 142 valence electrons. The van der Waals surface area contributed by atoms with Crippen molar-refractivity contribution in [2.24, 2.45) is 0 Å². The molecule has 0 radical (unpaired) electrons. The number of carbonyl (C=O) groups excluding carboxylic acids is 2. The van der Waals surface area contributed by atoms with Crippen LogP contribution in [0.5, 0.6) is 0 Å². The van der Waals surface area contributed by atoms with Crippen LogP contribution in [0.25, 0.3) is 11.7 Å². The van der Waals surface area contributed by atoms with Crippen LogP contribution in [0, 0.1) is 6.92 Å². The molecule has 1 aromatic carbocycles. The van der Waals surface area contributed by atoms with E-state index in [-0.39, 0.29) is 12.2 Å². The second-order valence-corrected chi connectivity index (χ2v) is 6.03. The number of nitrogens with zero attached hydrogens (tertiary/aromatic N) is 2. The lowest BCUT2D eigenvalue weighted by Crippen LogP contribution is -2.17. The van der Waals surface area contributed by atoms with E-state index in [1.54, 1.807) is 42.6 Å². The molecule has 3 rings (SSSR count). The zero-order chi connectivity index (χ0) is 20.1. The number of benzene rings is 1. The highest BCUT2D eigenvalue weighted by Gasteiger charge is 2.07. The molecule has 0 aliphatic heterocycles. The molecule has 0 fully saturated rings. The van der Waals surface area contributed by atoms with Gasteiger partial charge >= 0.3 is 11.9 Å². The summed E-state index contributed by atoms with van der Waals surface area (Å²) in [5.74, 6) is -0.993. The van der Waals surface area contributed by atoms with Gasteiger partial charge in [-0.2, -0.15) is 0 Å². The van der Waals surface area contributed by atoms with Gasteiger partial charge in [-0.1, -0.05) is 18.2 Å². The van der Waals surface area contributed by atoms with E-state index in [0.717, 1.165) is 11.1 Å². The van der Waals surface area contributed by atoms with Crippen LogP contribution in [0.2, 0.25) is 0 Å². The first-order chi connectivity index (χ1) is 13.5. The molecule has 28 heavy (non-hydrogen) atoms. The number of hydrogen-bond donors (Lipinski definition) is 0. The van der Waals surface area contributed by atoms with E-state index in [2.05, 4.69) is 9.72 Å². The van der Waals surface area contributed by atoms with Gasteiger partial charge in [-0.15, -0.1) is 0 Å². The Hall–Kier alpha value is -3.74. The normalized spacial score (nSPS) is 10.9. The Bertz CT molecular complexity index is 1110. The first-order valence-corrected chi connectivity index (χ1v) is 8.49. The van der Waals surface area contributed by atoms with Crippen LogP contribution in [-0.4, -0.2) is 28.4 Å². The van der Waals surface area contributed by atoms with Gasteiger partial charge < -0.3 is 9.47 Å². The monoisotopic (exact) mass is 378 g/mol. The van der Waals surface area contributed by atoms with Gasteiger partial charge in [0.1, 0.15) is 12.3 Å². The maximum Gasteiger partial charge on any atom is 0.337 e. The lowest BCUT2D eigenvalue weighted by Gasteiger charge is -2.06. The van der Waals surface area contributed by atoms with Crippen LogP contribution >= 0.6 is 0 Å². The van der Waals surface area contributed by atoms with Crippen LogP contribution in [0.1, 0.15) is 27.2 Å². The van der Waals surface area contributed by atoms with Crippen molar-refractivity contribution in [3.05, 3.63) is 87.5 Å². The van der Waals surface area contributed by atoms with Crippen molar-refractivity contribution >= 4 is 23.7 Å². The van der Waals surface area contributed by atoms with Gasteiger partial charge in [-0.05, 0) is 42.3 Å². The van der Waals surface area contributed by atoms with Crippen molar-refractivity contribution < 1.29 is 19.1 Å².